The molecule has 0 bridgehead atoms. The van der Waals surface area contributed by atoms with Gasteiger partial charge in [-0.05, 0) is 67.3 Å². The largest absolute Gasteiger partial charge is 0.343 e. The van der Waals surface area contributed by atoms with Crippen molar-refractivity contribution >= 4 is 5.91 Å². The average molecular weight is 447 g/mol. The van der Waals surface area contributed by atoms with Crippen molar-refractivity contribution in [1.29, 1.82) is 0 Å². The van der Waals surface area contributed by atoms with E-state index in [-0.39, 0.29) is 17.1 Å². The number of rotatable bonds is 5. The van der Waals surface area contributed by atoms with E-state index < -0.39 is 0 Å². The van der Waals surface area contributed by atoms with Crippen LogP contribution in [0.25, 0.3) is 11.1 Å². The number of aromatic nitrogens is 2. The van der Waals surface area contributed by atoms with E-state index in [1.807, 2.05) is 25.1 Å². The van der Waals surface area contributed by atoms with E-state index in [0.29, 0.717) is 5.69 Å². The molecule has 2 heterocycles. The van der Waals surface area contributed by atoms with Crippen LogP contribution in [0.4, 0.5) is 4.39 Å². The first-order valence-corrected chi connectivity index (χ1v) is 11.4. The molecule has 5 nitrogen and oxygen atoms in total. The van der Waals surface area contributed by atoms with Gasteiger partial charge in [0.1, 0.15) is 17.3 Å². The van der Waals surface area contributed by atoms with Crippen LogP contribution < -0.4 is 0 Å². The molecule has 4 rings (SSSR count). The van der Waals surface area contributed by atoms with E-state index >= 15 is 0 Å². The Kier molecular flexibility index (Phi) is 6.56. The van der Waals surface area contributed by atoms with Crippen molar-refractivity contribution < 1.29 is 9.18 Å². The highest BCUT2D eigenvalue weighted by Crippen LogP contribution is 2.33. The summed E-state index contributed by atoms with van der Waals surface area (Å²) >= 11 is 0. The van der Waals surface area contributed by atoms with E-state index in [1.165, 1.54) is 11.6 Å². The number of hydrogen-bond donors (Lipinski definition) is 0. The van der Waals surface area contributed by atoms with Gasteiger partial charge in [0.25, 0.3) is 5.91 Å². The first-order chi connectivity index (χ1) is 15.7. The number of benzene rings is 2. The molecule has 3 aromatic rings. The lowest BCUT2D eigenvalue weighted by Gasteiger charge is -2.39. The molecule has 0 unspecified atom stereocenters. The number of amides is 1. The molecule has 1 aromatic heterocycles. The Balaban J connectivity index is 1.55. The Labute approximate surface area is 195 Å². The summed E-state index contributed by atoms with van der Waals surface area (Å²) in [5.41, 5.74) is 4.11. The summed E-state index contributed by atoms with van der Waals surface area (Å²) in [7, 11) is 3.48. The fourth-order valence-electron chi connectivity index (χ4n) is 4.61. The first-order valence-electron chi connectivity index (χ1n) is 11.4. The fraction of sp³-hybridized carbons (Fsp3) is 0.370. The highest BCUT2D eigenvalue weighted by atomic mass is 19.1. The summed E-state index contributed by atoms with van der Waals surface area (Å²) in [6.07, 6.45) is 2.01. The van der Waals surface area contributed by atoms with Crippen molar-refractivity contribution in [3.8, 4) is 11.1 Å². The van der Waals surface area contributed by atoms with E-state index in [2.05, 4.69) is 28.9 Å². The highest BCUT2D eigenvalue weighted by Gasteiger charge is 2.36. The number of carbonyl (C=O) groups is 1. The van der Waals surface area contributed by atoms with Crippen molar-refractivity contribution in [2.75, 3.05) is 27.2 Å². The zero-order valence-corrected chi connectivity index (χ0v) is 19.8. The van der Waals surface area contributed by atoms with E-state index in [1.54, 1.807) is 37.2 Å². The van der Waals surface area contributed by atoms with Crippen LogP contribution in [-0.2, 0) is 12.0 Å². The molecule has 0 saturated carbocycles. The third kappa shape index (κ3) is 5.28. The maximum atomic E-state index is 13.7. The SMILES string of the molecule is Cc1cc(C(=O)N(C)C)nc([C@@]2(C)CCCN(Cc3cccc(-c4cccc(F)c4)c3)C2)n1. The van der Waals surface area contributed by atoms with E-state index in [9.17, 15) is 9.18 Å². The molecule has 0 N–H and O–H groups in total. The van der Waals surface area contributed by atoms with Crippen LogP contribution in [0.3, 0.4) is 0 Å². The molecule has 172 valence electrons. The van der Waals surface area contributed by atoms with Gasteiger partial charge in [-0.3, -0.25) is 9.69 Å². The lowest BCUT2D eigenvalue weighted by atomic mass is 9.80. The second-order valence-electron chi connectivity index (χ2n) is 9.50. The minimum absolute atomic E-state index is 0.104. The maximum absolute atomic E-state index is 13.7. The fourth-order valence-corrected chi connectivity index (χ4v) is 4.61. The molecule has 1 saturated heterocycles. The number of piperidine rings is 1. The molecule has 6 heteroatoms. The van der Waals surface area contributed by atoms with Crippen LogP contribution in [0.1, 0.15) is 47.3 Å². The smallest absolute Gasteiger partial charge is 0.272 e. The molecule has 0 spiro atoms. The van der Waals surface area contributed by atoms with Crippen LogP contribution >= 0.6 is 0 Å². The van der Waals surface area contributed by atoms with E-state index in [4.69, 9.17) is 4.98 Å². The molecule has 0 aliphatic carbocycles. The molecule has 0 radical (unpaired) electrons. The monoisotopic (exact) mass is 446 g/mol. The zero-order chi connectivity index (χ0) is 23.6. The van der Waals surface area contributed by atoms with Gasteiger partial charge in [0, 0.05) is 38.3 Å². The Bertz CT molecular complexity index is 1160. The normalized spacial score (nSPS) is 18.8. The van der Waals surface area contributed by atoms with Crippen LogP contribution in [-0.4, -0.2) is 52.9 Å². The second-order valence-corrected chi connectivity index (χ2v) is 9.50. The van der Waals surface area contributed by atoms with Crippen LogP contribution in [0.5, 0.6) is 0 Å². The number of likely N-dealkylation sites (tertiary alicyclic amines) is 1. The molecular formula is C27H31FN4O. The number of carbonyl (C=O) groups excluding carboxylic acids is 1. The van der Waals surface area contributed by atoms with Gasteiger partial charge in [-0.15, -0.1) is 0 Å². The molecule has 2 aromatic carbocycles. The van der Waals surface area contributed by atoms with Gasteiger partial charge in [0.2, 0.25) is 0 Å². The maximum Gasteiger partial charge on any atom is 0.272 e. The summed E-state index contributed by atoms with van der Waals surface area (Å²) in [6, 6.07) is 16.8. The van der Waals surface area contributed by atoms with Gasteiger partial charge in [-0.25, -0.2) is 14.4 Å². The lowest BCUT2D eigenvalue weighted by molar-refractivity contribution is 0.0820. The van der Waals surface area contributed by atoms with Gasteiger partial charge in [-0.1, -0.05) is 37.3 Å². The van der Waals surface area contributed by atoms with Crippen molar-refractivity contribution in [2.45, 2.75) is 38.6 Å². The summed E-state index contributed by atoms with van der Waals surface area (Å²) in [5, 5.41) is 0. The zero-order valence-electron chi connectivity index (χ0n) is 19.8. The Morgan fingerprint density at radius 1 is 1.09 bits per heavy atom. The lowest BCUT2D eigenvalue weighted by Crippen LogP contribution is -2.45. The Hall–Kier alpha value is -3.12. The minimum atomic E-state index is -0.230. The quantitative estimate of drug-likeness (QED) is 0.562. The third-order valence-corrected chi connectivity index (χ3v) is 6.29. The predicted octanol–water partition coefficient (Wildman–Crippen LogP) is 4.85. The topological polar surface area (TPSA) is 49.3 Å². The number of nitrogens with zero attached hydrogens (tertiary/aromatic N) is 4. The molecule has 1 amide bonds. The number of halogens is 1. The molecular weight excluding hydrogens is 415 g/mol. The van der Waals surface area contributed by atoms with Gasteiger partial charge in [0.05, 0.1) is 0 Å². The molecule has 1 atom stereocenters. The predicted molar refractivity (Wildman–Crippen MR) is 128 cm³/mol. The Morgan fingerprint density at radius 2 is 1.82 bits per heavy atom. The summed E-state index contributed by atoms with van der Waals surface area (Å²) < 4.78 is 13.7. The van der Waals surface area contributed by atoms with Crippen LogP contribution in [0.2, 0.25) is 0 Å². The van der Waals surface area contributed by atoms with Crippen molar-refractivity contribution in [2.24, 2.45) is 0 Å². The summed E-state index contributed by atoms with van der Waals surface area (Å²) in [4.78, 5) is 25.9. The molecule has 33 heavy (non-hydrogen) atoms. The van der Waals surface area contributed by atoms with Crippen LogP contribution in [0, 0.1) is 12.7 Å². The Morgan fingerprint density at radius 3 is 2.55 bits per heavy atom. The van der Waals surface area contributed by atoms with Crippen molar-refractivity contribution in [1.82, 2.24) is 19.8 Å². The second kappa shape index (κ2) is 9.40. The van der Waals surface area contributed by atoms with Crippen molar-refractivity contribution in [3.05, 3.63) is 83.2 Å². The van der Waals surface area contributed by atoms with Crippen molar-refractivity contribution in [3.63, 3.8) is 0 Å². The van der Waals surface area contributed by atoms with Gasteiger partial charge < -0.3 is 4.90 Å². The first kappa shape index (κ1) is 23.1. The van der Waals surface area contributed by atoms with Gasteiger partial charge >= 0.3 is 0 Å². The summed E-state index contributed by atoms with van der Waals surface area (Å²) in [6.45, 7) is 6.72. The van der Waals surface area contributed by atoms with Gasteiger partial charge in [-0.2, -0.15) is 0 Å². The average Bonchev–Trinajstić information content (AvgIpc) is 2.78. The molecule has 1 aliphatic rings. The number of aryl methyl sites for hydroxylation is 1. The summed E-state index contributed by atoms with van der Waals surface area (Å²) in [5.74, 6) is 0.410. The standard InChI is InChI=1S/C27H31FN4O/c1-19-14-24(25(33)31(3)4)30-26(29-19)27(2)12-7-13-32(18-27)17-20-8-5-9-21(15-20)22-10-6-11-23(28)16-22/h5-6,8-11,14-16H,7,12-13,17-18H2,1-4H3/t27-/m0/s1. The minimum Gasteiger partial charge on any atom is -0.343 e. The van der Waals surface area contributed by atoms with E-state index in [0.717, 1.165) is 55.1 Å². The molecule has 1 fully saturated rings. The van der Waals surface area contributed by atoms with Crippen LogP contribution in [0.15, 0.2) is 54.6 Å². The number of hydrogen-bond acceptors (Lipinski definition) is 4. The highest BCUT2D eigenvalue weighted by molar-refractivity contribution is 5.92. The van der Waals surface area contributed by atoms with Gasteiger partial charge in [0.15, 0.2) is 0 Å². The third-order valence-electron chi connectivity index (χ3n) is 6.29. The molecule has 1 aliphatic heterocycles.